The second-order valence-corrected chi connectivity index (χ2v) is 6.92. The Balaban J connectivity index is 1.95. The van der Waals surface area contributed by atoms with Gasteiger partial charge in [0, 0.05) is 31.3 Å². The molecule has 1 fully saturated rings. The van der Waals surface area contributed by atoms with Crippen LogP contribution in [0.5, 0.6) is 0 Å². The van der Waals surface area contributed by atoms with Crippen molar-refractivity contribution >= 4 is 29.3 Å². The maximum absolute atomic E-state index is 12.1. The molecular weight excluding hydrogens is 379 g/mol. The summed E-state index contributed by atoms with van der Waals surface area (Å²) in [4.78, 5) is 24.9. The topological polar surface area (TPSA) is 71.8 Å². The lowest BCUT2D eigenvalue weighted by atomic mass is 9.92. The summed E-state index contributed by atoms with van der Waals surface area (Å²) in [7, 11) is 0. The average Bonchev–Trinajstić information content (AvgIpc) is 2.82. The number of pyridine rings is 1. The van der Waals surface area contributed by atoms with Crippen molar-refractivity contribution in [2.45, 2.75) is 18.6 Å². The fourth-order valence-corrected chi connectivity index (χ4v) is 3.41. The van der Waals surface area contributed by atoms with E-state index in [9.17, 15) is 14.7 Å². The van der Waals surface area contributed by atoms with E-state index in [1.54, 1.807) is 35.0 Å². The van der Waals surface area contributed by atoms with Gasteiger partial charge in [0.1, 0.15) is 0 Å². The molecule has 1 aromatic carbocycles. The summed E-state index contributed by atoms with van der Waals surface area (Å²) in [6.07, 6.45) is 0.310. The molecule has 26 heavy (non-hydrogen) atoms. The van der Waals surface area contributed by atoms with E-state index >= 15 is 0 Å². The van der Waals surface area contributed by atoms with Crippen molar-refractivity contribution in [1.29, 1.82) is 0 Å². The molecule has 2 atom stereocenters. The van der Waals surface area contributed by atoms with Crippen molar-refractivity contribution in [2.75, 3.05) is 19.7 Å². The van der Waals surface area contributed by atoms with Gasteiger partial charge >= 0.3 is 6.09 Å². The zero-order valence-electron chi connectivity index (χ0n) is 13.8. The number of amides is 1. The molecule has 1 aliphatic rings. The number of hydrogen-bond donors (Lipinski definition) is 1. The fraction of sp³-hybridized carbons (Fsp3) is 0.333. The third kappa shape index (κ3) is 4.20. The van der Waals surface area contributed by atoms with Crippen LogP contribution < -0.4 is 5.56 Å². The molecule has 0 aliphatic carbocycles. The SMILES string of the molecule is O=C(O)N1CCO[C@@H](Cn2ccccc2=O)[C@H](c2ccc(Cl)c(Cl)c2)C1. The summed E-state index contributed by atoms with van der Waals surface area (Å²) in [5.41, 5.74) is 0.685. The highest BCUT2D eigenvalue weighted by Crippen LogP contribution is 2.31. The number of ether oxygens (including phenoxy) is 1. The molecule has 0 spiro atoms. The highest BCUT2D eigenvalue weighted by Gasteiger charge is 2.32. The summed E-state index contributed by atoms with van der Waals surface area (Å²) < 4.78 is 7.50. The monoisotopic (exact) mass is 396 g/mol. The molecule has 6 nitrogen and oxygen atoms in total. The average molecular weight is 397 g/mol. The van der Waals surface area contributed by atoms with Gasteiger partial charge in [-0.2, -0.15) is 0 Å². The molecule has 3 rings (SSSR count). The highest BCUT2D eigenvalue weighted by molar-refractivity contribution is 6.42. The van der Waals surface area contributed by atoms with Gasteiger partial charge in [0.05, 0.1) is 29.3 Å². The van der Waals surface area contributed by atoms with Gasteiger partial charge in [-0.15, -0.1) is 0 Å². The van der Waals surface area contributed by atoms with E-state index in [0.717, 1.165) is 5.56 Å². The van der Waals surface area contributed by atoms with Crippen LogP contribution in [0.25, 0.3) is 0 Å². The van der Waals surface area contributed by atoms with Gasteiger partial charge < -0.3 is 19.3 Å². The molecular formula is C18H18Cl2N2O4. The first-order valence-corrected chi connectivity index (χ1v) is 8.91. The van der Waals surface area contributed by atoms with Gasteiger partial charge in [-0.3, -0.25) is 4.79 Å². The van der Waals surface area contributed by atoms with Crippen LogP contribution in [0, 0.1) is 0 Å². The first kappa shape index (κ1) is 18.8. The number of rotatable bonds is 3. The molecule has 1 N–H and O–H groups in total. The van der Waals surface area contributed by atoms with Crippen molar-refractivity contribution in [1.82, 2.24) is 9.47 Å². The molecule has 8 heteroatoms. The Kier molecular flexibility index (Phi) is 5.86. The molecule has 1 amide bonds. The molecule has 2 heterocycles. The predicted octanol–water partition coefficient (Wildman–Crippen LogP) is 3.32. The fourth-order valence-electron chi connectivity index (χ4n) is 3.10. The van der Waals surface area contributed by atoms with E-state index in [1.165, 1.54) is 11.0 Å². The van der Waals surface area contributed by atoms with Crippen LogP contribution in [0.15, 0.2) is 47.4 Å². The quantitative estimate of drug-likeness (QED) is 0.863. The Morgan fingerprint density at radius 2 is 2.04 bits per heavy atom. The van der Waals surface area contributed by atoms with E-state index in [-0.39, 0.29) is 37.3 Å². The molecule has 1 saturated heterocycles. The highest BCUT2D eigenvalue weighted by atomic mass is 35.5. The number of hydrogen-bond acceptors (Lipinski definition) is 3. The van der Waals surface area contributed by atoms with Crippen LogP contribution in [-0.2, 0) is 11.3 Å². The maximum atomic E-state index is 12.1. The van der Waals surface area contributed by atoms with E-state index in [0.29, 0.717) is 16.6 Å². The number of carboxylic acid groups (broad SMARTS) is 1. The molecule has 0 bridgehead atoms. The predicted molar refractivity (Wildman–Crippen MR) is 99.2 cm³/mol. The standard InChI is InChI=1S/C18H18Cl2N2O4/c19-14-5-4-12(9-15(14)20)13-10-22(18(24)25)7-8-26-16(13)11-21-6-2-1-3-17(21)23/h1-6,9,13,16H,7-8,10-11H2,(H,24,25)/t13-,16-/m0/s1. The first-order valence-electron chi connectivity index (χ1n) is 8.15. The summed E-state index contributed by atoms with van der Waals surface area (Å²) in [6.45, 7) is 1.10. The van der Waals surface area contributed by atoms with Crippen LogP contribution in [0.4, 0.5) is 4.79 Å². The largest absolute Gasteiger partial charge is 0.465 e. The second-order valence-electron chi connectivity index (χ2n) is 6.11. The third-order valence-electron chi connectivity index (χ3n) is 4.48. The maximum Gasteiger partial charge on any atom is 0.407 e. The molecule has 0 radical (unpaired) electrons. The summed E-state index contributed by atoms with van der Waals surface area (Å²) in [5.74, 6) is -0.282. The lowest BCUT2D eigenvalue weighted by molar-refractivity contribution is 0.0384. The van der Waals surface area contributed by atoms with Gasteiger partial charge in [-0.25, -0.2) is 4.79 Å². The van der Waals surface area contributed by atoms with Crippen molar-refractivity contribution in [3.63, 3.8) is 0 Å². The number of halogens is 2. The van der Waals surface area contributed by atoms with Gasteiger partial charge in [0.25, 0.3) is 5.56 Å². The number of aromatic nitrogens is 1. The Morgan fingerprint density at radius 1 is 1.23 bits per heavy atom. The van der Waals surface area contributed by atoms with Crippen molar-refractivity contribution in [2.24, 2.45) is 0 Å². The van der Waals surface area contributed by atoms with Crippen LogP contribution in [0.1, 0.15) is 11.5 Å². The van der Waals surface area contributed by atoms with E-state index in [2.05, 4.69) is 0 Å². The molecule has 1 aliphatic heterocycles. The van der Waals surface area contributed by atoms with E-state index < -0.39 is 6.09 Å². The molecule has 0 saturated carbocycles. The normalized spacial score (nSPS) is 20.6. The number of nitrogens with zero attached hydrogens (tertiary/aromatic N) is 2. The third-order valence-corrected chi connectivity index (χ3v) is 5.22. The Hall–Kier alpha value is -2.02. The summed E-state index contributed by atoms with van der Waals surface area (Å²) >= 11 is 12.2. The molecule has 1 aromatic heterocycles. The minimum Gasteiger partial charge on any atom is -0.465 e. The number of benzene rings is 1. The second kappa shape index (κ2) is 8.12. The minimum atomic E-state index is -1.00. The van der Waals surface area contributed by atoms with E-state index in [4.69, 9.17) is 27.9 Å². The molecule has 2 aromatic rings. The molecule has 0 unspecified atom stereocenters. The smallest absolute Gasteiger partial charge is 0.407 e. The lowest BCUT2D eigenvalue weighted by Crippen LogP contribution is -2.37. The zero-order chi connectivity index (χ0) is 18.7. The Labute approximate surface area is 160 Å². The summed E-state index contributed by atoms with van der Waals surface area (Å²) in [6, 6.07) is 10.2. The van der Waals surface area contributed by atoms with Crippen LogP contribution >= 0.6 is 23.2 Å². The molecule has 138 valence electrons. The van der Waals surface area contributed by atoms with Gasteiger partial charge in [0.2, 0.25) is 0 Å². The lowest BCUT2D eigenvalue weighted by Gasteiger charge is -2.27. The van der Waals surface area contributed by atoms with Gasteiger partial charge in [-0.05, 0) is 23.8 Å². The van der Waals surface area contributed by atoms with Crippen molar-refractivity contribution in [3.05, 3.63) is 68.6 Å². The van der Waals surface area contributed by atoms with Gasteiger partial charge in [0.15, 0.2) is 0 Å². The minimum absolute atomic E-state index is 0.136. The zero-order valence-corrected chi connectivity index (χ0v) is 15.4. The van der Waals surface area contributed by atoms with Crippen LogP contribution in [0.2, 0.25) is 10.0 Å². The summed E-state index contributed by atoms with van der Waals surface area (Å²) in [5, 5.41) is 10.2. The Morgan fingerprint density at radius 3 is 2.73 bits per heavy atom. The number of carbonyl (C=O) groups is 1. The van der Waals surface area contributed by atoms with Crippen molar-refractivity contribution in [3.8, 4) is 0 Å². The van der Waals surface area contributed by atoms with Crippen molar-refractivity contribution < 1.29 is 14.6 Å². The van der Waals surface area contributed by atoms with Crippen LogP contribution in [-0.4, -0.2) is 46.5 Å². The van der Waals surface area contributed by atoms with Crippen LogP contribution in [0.3, 0.4) is 0 Å². The van der Waals surface area contributed by atoms with Gasteiger partial charge in [-0.1, -0.05) is 35.3 Å². The first-order chi connectivity index (χ1) is 12.5. The van der Waals surface area contributed by atoms with E-state index in [1.807, 2.05) is 6.07 Å². The Bertz CT molecular complexity index is 855.